The van der Waals surface area contributed by atoms with Gasteiger partial charge in [-0.2, -0.15) is 5.10 Å². The van der Waals surface area contributed by atoms with E-state index in [1.54, 1.807) is 10.9 Å². The third kappa shape index (κ3) is 4.74. The van der Waals surface area contributed by atoms with E-state index in [0.717, 1.165) is 50.1 Å². The number of carbonyl (C=O) groups is 1. The number of hydrogen-bond acceptors (Lipinski definition) is 4. The molecule has 0 spiro atoms. The van der Waals surface area contributed by atoms with Crippen LogP contribution in [0.25, 0.3) is 5.82 Å². The van der Waals surface area contributed by atoms with Gasteiger partial charge in [-0.1, -0.05) is 0 Å². The molecule has 1 fully saturated rings. The minimum atomic E-state index is -0.0166. The minimum Gasteiger partial charge on any atom is -0.370 e. The van der Waals surface area contributed by atoms with Crippen molar-refractivity contribution in [3.63, 3.8) is 0 Å². The number of aromatic nitrogens is 5. The standard InChI is InChI=1S/C21H27N7O2/c1-17-14-19(25(2)24-17)16-27(9-8-26-10-12-30-13-11-26)21(29)18-4-5-20(22-15-18)28-7-3-6-23-28/h3-7,14-15H,8-13,16H2,1-2H3/p+2. The SMILES string of the molecule is Cc1cc(CN(CC[NH+]2CCOCC2)C(=O)c2ccc(-[n+]3ccc[nH]3)nc2)n(C)n1. The third-order valence-corrected chi connectivity index (χ3v) is 5.46. The van der Waals surface area contributed by atoms with E-state index < -0.39 is 0 Å². The highest BCUT2D eigenvalue weighted by atomic mass is 16.5. The summed E-state index contributed by atoms with van der Waals surface area (Å²) in [6, 6.07) is 7.61. The van der Waals surface area contributed by atoms with Crippen LogP contribution < -0.4 is 9.58 Å². The predicted molar refractivity (Wildman–Crippen MR) is 109 cm³/mol. The van der Waals surface area contributed by atoms with Gasteiger partial charge in [0.05, 0.1) is 49.8 Å². The number of ether oxygens (including phenoxy) is 1. The summed E-state index contributed by atoms with van der Waals surface area (Å²) >= 11 is 0. The van der Waals surface area contributed by atoms with Gasteiger partial charge >= 0.3 is 5.82 Å². The van der Waals surface area contributed by atoms with Gasteiger partial charge in [0, 0.05) is 19.3 Å². The van der Waals surface area contributed by atoms with Gasteiger partial charge in [-0.05, 0) is 30.1 Å². The number of nitrogens with one attached hydrogen (secondary N) is 2. The number of aromatic amines is 1. The fourth-order valence-corrected chi connectivity index (χ4v) is 3.74. The van der Waals surface area contributed by atoms with Crippen molar-refractivity contribution in [1.29, 1.82) is 0 Å². The zero-order chi connectivity index (χ0) is 20.9. The van der Waals surface area contributed by atoms with Crippen LogP contribution in [0.2, 0.25) is 0 Å². The van der Waals surface area contributed by atoms with Crippen molar-refractivity contribution in [2.75, 3.05) is 39.4 Å². The molecular formula is C21H29N7O2+2. The summed E-state index contributed by atoms with van der Waals surface area (Å²) in [6.45, 7) is 7.59. The quantitative estimate of drug-likeness (QED) is 0.503. The smallest absolute Gasteiger partial charge is 0.346 e. The van der Waals surface area contributed by atoms with E-state index in [0.29, 0.717) is 18.7 Å². The third-order valence-electron chi connectivity index (χ3n) is 5.46. The van der Waals surface area contributed by atoms with E-state index in [4.69, 9.17) is 4.74 Å². The molecule has 0 atom stereocenters. The maximum absolute atomic E-state index is 13.3. The van der Waals surface area contributed by atoms with E-state index in [1.807, 2.05) is 60.2 Å². The molecule has 1 aliphatic heterocycles. The second-order valence-electron chi connectivity index (χ2n) is 7.65. The highest BCUT2D eigenvalue weighted by molar-refractivity contribution is 5.93. The molecule has 9 nitrogen and oxygen atoms in total. The Balaban J connectivity index is 1.50. The Bertz CT molecular complexity index is 960. The normalized spacial score (nSPS) is 14.7. The molecule has 0 saturated carbocycles. The second-order valence-corrected chi connectivity index (χ2v) is 7.65. The number of quaternary nitrogens is 1. The molecule has 1 saturated heterocycles. The summed E-state index contributed by atoms with van der Waals surface area (Å²) in [5.41, 5.74) is 2.55. The van der Waals surface area contributed by atoms with E-state index in [1.165, 1.54) is 4.90 Å². The fraction of sp³-hybridized carbons (Fsp3) is 0.429. The lowest BCUT2D eigenvalue weighted by Crippen LogP contribution is -3.14. The number of hydrogen-bond donors (Lipinski definition) is 2. The number of aryl methyl sites for hydroxylation is 2. The van der Waals surface area contributed by atoms with Crippen molar-refractivity contribution in [2.24, 2.45) is 7.05 Å². The molecule has 3 aromatic heterocycles. The van der Waals surface area contributed by atoms with Gasteiger partial charge in [0.25, 0.3) is 5.91 Å². The number of amides is 1. The van der Waals surface area contributed by atoms with Gasteiger partial charge in [-0.15, -0.1) is 4.68 Å². The molecule has 0 unspecified atom stereocenters. The molecule has 0 aliphatic carbocycles. The molecule has 4 rings (SSSR count). The molecule has 9 heteroatoms. The summed E-state index contributed by atoms with van der Waals surface area (Å²) in [6.07, 6.45) is 5.35. The van der Waals surface area contributed by atoms with Crippen LogP contribution in [0.15, 0.2) is 42.9 Å². The Morgan fingerprint density at radius 1 is 1.37 bits per heavy atom. The van der Waals surface area contributed by atoms with Crippen molar-refractivity contribution in [3.8, 4) is 5.82 Å². The average molecular weight is 412 g/mol. The Morgan fingerprint density at radius 2 is 2.20 bits per heavy atom. The van der Waals surface area contributed by atoms with Crippen LogP contribution in [0, 0.1) is 6.92 Å². The fourth-order valence-electron chi connectivity index (χ4n) is 3.74. The van der Waals surface area contributed by atoms with Gasteiger partial charge in [0.2, 0.25) is 0 Å². The van der Waals surface area contributed by atoms with Crippen LogP contribution >= 0.6 is 0 Å². The predicted octanol–water partition coefficient (Wildman–Crippen LogP) is -0.714. The lowest BCUT2D eigenvalue weighted by atomic mass is 10.2. The van der Waals surface area contributed by atoms with Crippen molar-refractivity contribution in [2.45, 2.75) is 13.5 Å². The highest BCUT2D eigenvalue weighted by Crippen LogP contribution is 2.11. The molecule has 0 bridgehead atoms. The Hall–Kier alpha value is -3.04. The number of nitrogens with zero attached hydrogens (tertiary/aromatic N) is 5. The van der Waals surface area contributed by atoms with Crippen molar-refractivity contribution in [3.05, 3.63) is 59.8 Å². The first-order chi connectivity index (χ1) is 14.6. The number of rotatable bonds is 7. The Morgan fingerprint density at radius 3 is 2.83 bits per heavy atom. The second kappa shape index (κ2) is 9.19. The van der Waals surface area contributed by atoms with Crippen LogP contribution in [-0.2, 0) is 18.3 Å². The summed E-state index contributed by atoms with van der Waals surface area (Å²) in [7, 11) is 1.92. The molecule has 1 amide bonds. The van der Waals surface area contributed by atoms with E-state index in [2.05, 4.69) is 15.2 Å². The molecule has 4 heterocycles. The number of carbonyl (C=O) groups excluding carboxylic acids is 1. The van der Waals surface area contributed by atoms with Crippen LogP contribution in [0.5, 0.6) is 0 Å². The molecular weight excluding hydrogens is 382 g/mol. The monoisotopic (exact) mass is 411 g/mol. The first-order valence-electron chi connectivity index (χ1n) is 10.3. The summed E-state index contributed by atoms with van der Waals surface area (Å²) in [4.78, 5) is 21.2. The molecule has 0 radical (unpaired) electrons. The van der Waals surface area contributed by atoms with Gasteiger partial charge in [0.1, 0.15) is 19.3 Å². The summed E-state index contributed by atoms with van der Waals surface area (Å²) in [5, 5.41) is 7.48. The van der Waals surface area contributed by atoms with E-state index in [9.17, 15) is 4.79 Å². The van der Waals surface area contributed by atoms with Gasteiger partial charge in [-0.3, -0.25) is 9.48 Å². The summed E-state index contributed by atoms with van der Waals surface area (Å²) < 4.78 is 9.10. The lowest BCUT2D eigenvalue weighted by molar-refractivity contribution is -0.907. The minimum absolute atomic E-state index is 0.0166. The molecule has 158 valence electrons. The maximum Gasteiger partial charge on any atom is 0.346 e. The van der Waals surface area contributed by atoms with Crippen molar-refractivity contribution >= 4 is 5.91 Å². The van der Waals surface area contributed by atoms with Crippen LogP contribution in [0.4, 0.5) is 0 Å². The zero-order valence-electron chi connectivity index (χ0n) is 17.5. The number of H-pyrrole nitrogens is 1. The van der Waals surface area contributed by atoms with E-state index in [-0.39, 0.29) is 5.91 Å². The van der Waals surface area contributed by atoms with Gasteiger partial charge < -0.3 is 14.5 Å². The zero-order valence-corrected chi connectivity index (χ0v) is 17.5. The van der Waals surface area contributed by atoms with E-state index >= 15 is 0 Å². The molecule has 30 heavy (non-hydrogen) atoms. The van der Waals surface area contributed by atoms with Crippen LogP contribution in [0.1, 0.15) is 21.7 Å². The molecule has 3 aromatic rings. The largest absolute Gasteiger partial charge is 0.370 e. The van der Waals surface area contributed by atoms with Crippen molar-refractivity contribution in [1.82, 2.24) is 24.8 Å². The van der Waals surface area contributed by atoms with Crippen molar-refractivity contribution < 1.29 is 19.1 Å². The maximum atomic E-state index is 13.3. The average Bonchev–Trinajstić information content (AvgIpc) is 3.41. The first-order valence-corrected chi connectivity index (χ1v) is 10.3. The number of morpholine rings is 1. The topological polar surface area (TPSA) is 84.4 Å². The number of pyridine rings is 1. The van der Waals surface area contributed by atoms with Gasteiger partial charge in [-0.25, -0.2) is 5.10 Å². The first kappa shape index (κ1) is 20.2. The molecule has 1 aliphatic rings. The Labute approximate surface area is 175 Å². The molecule has 0 aromatic carbocycles. The summed E-state index contributed by atoms with van der Waals surface area (Å²) in [5.74, 6) is 0.722. The lowest BCUT2D eigenvalue weighted by Gasteiger charge is -2.28. The molecule has 2 N–H and O–H groups in total. The van der Waals surface area contributed by atoms with Gasteiger partial charge in [0.15, 0.2) is 6.20 Å². The van der Waals surface area contributed by atoms with Crippen LogP contribution in [-0.4, -0.2) is 70.1 Å². The highest BCUT2D eigenvalue weighted by Gasteiger charge is 2.23. The Kier molecular flexibility index (Phi) is 6.20. The van der Waals surface area contributed by atoms with Crippen LogP contribution in [0.3, 0.4) is 0 Å².